The van der Waals surface area contributed by atoms with Gasteiger partial charge in [-0.05, 0) is 49.2 Å². The molecule has 1 aromatic heterocycles. The summed E-state index contributed by atoms with van der Waals surface area (Å²) in [6.45, 7) is 1.86. The molecule has 0 N–H and O–H groups in total. The Morgan fingerprint density at radius 1 is 0.750 bits per heavy atom. The molecule has 0 aliphatic heterocycles. The highest BCUT2D eigenvalue weighted by Crippen LogP contribution is 2.26. The third-order valence-electron chi connectivity index (χ3n) is 5.25. The molecule has 0 saturated carbocycles. The molecular formula is C26H28N2O4. The maximum Gasteiger partial charge on any atom is 0.161 e. The minimum atomic E-state index is 0.388. The summed E-state index contributed by atoms with van der Waals surface area (Å²) in [6.07, 6.45) is 1.88. The van der Waals surface area contributed by atoms with Crippen LogP contribution in [0.1, 0.15) is 18.7 Å². The van der Waals surface area contributed by atoms with E-state index in [1.165, 1.54) is 0 Å². The van der Waals surface area contributed by atoms with Gasteiger partial charge >= 0.3 is 0 Å². The lowest BCUT2D eigenvalue weighted by molar-refractivity contribution is 0.277. The van der Waals surface area contributed by atoms with E-state index in [0.29, 0.717) is 13.2 Å². The van der Waals surface area contributed by atoms with Crippen molar-refractivity contribution < 1.29 is 18.9 Å². The molecule has 6 heteroatoms. The van der Waals surface area contributed by atoms with Gasteiger partial charge < -0.3 is 23.5 Å². The van der Waals surface area contributed by atoms with Crippen LogP contribution >= 0.6 is 0 Å². The zero-order valence-corrected chi connectivity index (χ0v) is 18.5. The van der Waals surface area contributed by atoms with Gasteiger partial charge in [-0.3, -0.25) is 0 Å². The Labute approximate surface area is 188 Å². The van der Waals surface area contributed by atoms with Gasteiger partial charge in [-0.2, -0.15) is 0 Å². The number of imidazole rings is 1. The molecule has 0 fully saturated rings. The number of hydrogen-bond acceptors (Lipinski definition) is 5. The van der Waals surface area contributed by atoms with Gasteiger partial charge in [0, 0.05) is 12.6 Å². The predicted molar refractivity (Wildman–Crippen MR) is 125 cm³/mol. The molecule has 0 spiro atoms. The SMILES string of the molecule is COc1cccc(OCc2nc3ccccc3n2CCCCOc2ccccc2OC)c1. The van der Waals surface area contributed by atoms with Crippen LogP contribution in [0.15, 0.2) is 72.8 Å². The van der Waals surface area contributed by atoms with Crippen LogP contribution in [0, 0.1) is 0 Å². The highest BCUT2D eigenvalue weighted by molar-refractivity contribution is 5.75. The van der Waals surface area contributed by atoms with Gasteiger partial charge in [-0.25, -0.2) is 4.98 Å². The molecule has 1 heterocycles. The van der Waals surface area contributed by atoms with Gasteiger partial charge in [0.2, 0.25) is 0 Å². The molecular weight excluding hydrogens is 404 g/mol. The molecule has 0 saturated heterocycles. The number of rotatable bonds is 11. The van der Waals surface area contributed by atoms with Gasteiger partial charge in [-0.1, -0.05) is 30.3 Å². The Morgan fingerprint density at radius 2 is 1.53 bits per heavy atom. The first-order valence-electron chi connectivity index (χ1n) is 10.8. The number of aromatic nitrogens is 2. The van der Waals surface area contributed by atoms with E-state index in [1.807, 2.05) is 66.7 Å². The van der Waals surface area contributed by atoms with Crippen molar-refractivity contribution in [3.63, 3.8) is 0 Å². The van der Waals surface area contributed by atoms with Crippen molar-refractivity contribution >= 4 is 11.0 Å². The number of methoxy groups -OCH3 is 2. The molecule has 0 atom stereocenters. The Bertz CT molecular complexity index is 1160. The molecule has 4 rings (SSSR count). The number of benzene rings is 3. The van der Waals surface area contributed by atoms with Crippen LogP contribution in [0.25, 0.3) is 11.0 Å². The van der Waals surface area contributed by atoms with Gasteiger partial charge in [0.1, 0.15) is 23.9 Å². The minimum Gasteiger partial charge on any atom is -0.497 e. The maximum atomic E-state index is 6.01. The molecule has 0 aliphatic carbocycles. The van der Waals surface area contributed by atoms with Crippen molar-refractivity contribution in [3.05, 3.63) is 78.6 Å². The lowest BCUT2D eigenvalue weighted by atomic mass is 10.3. The van der Waals surface area contributed by atoms with Crippen molar-refractivity contribution in [2.45, 2.75) is 26.0 Å². The second-order valence-electron chi connectivity index (χ2n) is 7.34. The van der Waals surface area contributed by atoms with Crippen LogP contribution in [0.4, 0.5) is 0 Å². The monoisotopic (exact) mass is 432 g/mol. The highest BCUT2D eigenvalue weighted by atomic mass is 16.5. The molecule has 0 unspecified atom stereocenters. The molecule has 0 amide bonds. The van der Waals surface area contributed by atoms with E-state index in [-0.39, 0.29) is 0 Å². The van der Waals surface area contributed by atoms with Crippen molar-refractivity contribution in [1.82, 2.24) is 9.55 Å². The first-order valence-corrected chi connectivity index (χ1v) is 10.8. The lowest BCUT2D eigenvalue weighted by Crippen LogP contribution is -2.09. The standard InChI is InChI=1S/C26H28N2O4/c1-29-20-10-9-11-21(18-20)32-19-26-27-22-12-3-4-13-23(22)28(26)16-7-8-17-31-25-15-6-5-14-24(25)30-2/h3-6,9-15,18H,7-8,16-17,19H2,1-2H3. The number of aryl methyl sites for hydroxylation is 1. The molecule has 0 bridgehead atoms. The third kappa shape index (κ3) is 5.14. The van der Waals surface area contributed by atoms with Crippen LogP contribution in [0.5, 0.6) is 23.0 Å². The fourth-order valence-corrected chi connectivity index (χ4v) is 3.62. The van der Waals surface area contributed by atoms with E-state index in [0.717, 1.165) is 59.2 Å². The Morgan fingerprint density at radius 3 is 2.38 bits per heavy atom. The van der Waals surface area contributed by atoms with E-state index >= 15 is 0 Å². The number of para-hydroxylation sites is 4. The van der Waals surface area contributed by atoms with Crippen LogP contribution < -0.4 is 18.9 Å². The summed E-state index contributed by atoms with van der Waals surface area (Å²) in [5, 5.41) is 0. The summed E-state index contributed by atoms with van der Waals surface area (Å²) in [4.78, 5) is 4.80. The van der Waals surface area contributed by atoms with Crippen molar-refractivity contribution in [2.75, 3.05) is 20.8 Å². The van der Waals surface area contributed by atoms with Crippen LogP contribution in [-0.4, -0.2) is 30.4 Å². The maximum absolute atomic E-state index is 6.01. The van der Waals surface area contributed by atoms with Gasteiger partial charge in [0.25, 0.3) is 0 Å². The Kier molecular flexibility index (Phi) is 7.12. The average molecular weight is 433 g/mol. The number of ether oxygens (including phenoxy) is 4. The molecule has 32 heavy (non-hydrogen) atoms. The predicted octanol–water partition coefficient (Wildman–Crippen LogP) is 5.49. The van der Waals surface area contributed by atoms with E-state index in [9.17, 15) is 0 Å². The summed E-state index contributed by atoms with van der Waals surface area (Å²) in [7, 11) is 3.30. The zero-order chi connectivity index (χ0) is 22.2. The minimum absolute atomic E-state index is 0.388. The Balaban J connectivity index is 1.39. The number of fused-ring (bicyclic) bond motifs is 1. The van der Waals surface area contributed by atoms with Gasteiger partial charge in [0.15, 0.2) is 11.5 Å². The average Bonchev–Trinajstić information content (AvgIpc) is 3.20. The summed E-state index contributed by atoms with van der Waals surface area (Å²) in [5.41, 5.74) is 2.09. The molecule has 3 aromatic carbocycles. The highest BCUT2D eigenvalue weighted by Gasteiger charge is 2.11. The van der Waals surface area contributed by atoms with E-state index < -0.39 is 0 Å². The molecule has 6 nitrogen and oxygen atoms in total. The normalized spacial score (nSPS) is 10.8. The fraction of sp³-hybridized carbons (Fsp3) is 0.269. The van der Waals surface area contributed by atoms with Gasteiger partial charge in [-0.15, -0.1) is 0 Å². The molecule has 0 aliphatic rings. The zero-order valence-electron chi connectivity index (χ0n) is 18.5. The van der Waals surface area contributed by atoms with Crippen LogP contribution in [0.3, 0.4) is 0 Å². The largest absolute Gasteiger partial charge is 0.497 e. The van der Waals surface area contributed by atoms with Gasteiger partial charge in [0.05, 0.1) is 31.9 Å². The number of unbranched alkanes of at least 4 members (excludes halogenated alkanes) is 1. The lowest BCUT2D eigenvalue weighted by Gasteiger charge is -2.12. The topological polar surface area (TPSA) is 54.7 Å². The second-order valence-corrected chi connectivity index (χ2v) is 7.34. The van der Waals surface area contributed by atoms with Crippen molar-refractivity contribution in [1.29, 1.82) is 0 Å². The van der Waals surface area contributed by atoms with Crippen molar-refractivity contribution in [3.8, 4) is 23.0 Å². The van der Waals surface area contributed by atoms with E-state index in [1.54, 1.807) is 14.2 Å². The summed E-state index contributed by atoms with van der Waals surface area (Å²) < 4.78 is 24.8. The Hall–Kier alpha value is -3.67. The first-order chi connectivity index (χ1) is 15.8. The summed E-state index contributed by atoms with van der Waals surface area (Å²) in [6, 6.07) is 23.5. The molecule has 4 aromatic rings. The fourth-order valence-electron chi connectivity index (χ4n) is 3.62. The quantitative estimate of drug-likeness (QED) is 0.293. The first kappa shape index (κ1) is 21.6. The number of nitrogens with zero attached hydrogens (tertiary/aromatic N) is 2. The van der Waals surface area contributed by atoms with E-state index in [2.05, 4.69) is 10.6 Å². The molecule has 0 radical (unpaired) electrons. The van der Waals surface area contributed by atoms with Crippen LogP contribution in [-0.2, 0) is 13.2 Å². The summed E-state index contributed by atoms with van der Waals surface area (Å²) in [5.74, 6) is 3.96. The second kappa shape index (κ2) is 10.6. The smallest absolute Gasteiger partial charge is 0.161 e. The number of hydrogen-bond donors (Lipinski definition) is 0. The van der Waals surface area contributed by atoms with Crippen molar-refractivity contribution in [2.24, 2.45) is 0 Å². The summed E-state index contributed by atoms with van der Waals surface area (Å²) >= 11 is 0. The third-order valence-corrected chi connectivity index (χ3v) is 5.25. The van der Waals surface area contributed by atoms with E-state index in [4.69, 9.17) is 23.9 Å². The van der Waals surface area contributed by atoms with Crippen LogP contribution in [0.2, 0.25) is 0 Å². The molecule has 166 valence electrons.